The van der Waals surface area contributed by atoms with Crippen LogP contribution < -0.4 is 20.5 Å². The molecule has 168 valence electrons. The van der Waals surface area contributed by atoms with E-state index in [0.29, 0.717) is 25.5 Å². The topological polar surface area (TPSA) is 73.5 Å². The summed E-state index contributed by atoms with van der Waals surface area (Å²) < 4.78 is 20.1. The fraction of sp³-hybridized carbons (Fsp3) is 0.417. The maximum atomic E-state index is 14.1. The van der Waals surface area contributed by atoms with E-state index in [-0.39, 0.29) is 11.4 Å². The molecule has 0 aliphatic carbocycles. The van der Waals surface area contributed by atoms with Crippen LogP contribution in [0, 0.1) is 5.82 Å². The number of ether oxygens (including phenoxy) is 1. The molecule has 0 saturated carbocycles. The largest absolute Gasteiger partial charge is 0.493 e. The Labute approximate surface area is 186 Å². The molecule has 7 nitrogen and oxygen atoms in total. The third kappa shape index (κ3) is 3.90. The molecule has 0 spiro atoms. The number of rotatable bonds is 5. The molecule has 0 atom stereocenters. The van der Waals surface area contributed by atoms with Gasteiger partial charge in [-0.2, -0.15) is 0 Å². The Morgan fingerprint density at radius 1 is 1.22 bits per heavy atom. The van der Waals surface area contributed by atoms with Crippen LogP contribution in [-0.4, -0.2) is 54.2 Å². The predicted octanol–water partition coefficient (Wildman–Crippen LogP) is 3.14. The molecular weight excluding hydrogens is 409 g/mol. The minimum absolute atomic E-state index is 0.0229. The predicted molar refractivity (Wildman–Crippen MR) is 124 cm³/mol. The van der Waals surface area contributed by atoms with Crippen LogP contribution in [0.4, 0.5) is 15.9 Å². The summed E-state index contributed by atoms with van der Waals surface area (Å²) in [5, 5.41) is 4.38. The lowest BCUT2D eigenvalue weighted by Crippen LogP contribution is -2.46. The first kappa shape index (κ1) is 20.8. The number of H-pyrrole nitrogens is 1. The van der Waals surface area contributed by atoms with Crippen LogP contribution in [0.1, 0.15) is 24.5 Å². The van der Waals surface area contributed by atoms with E-state index in [1.165, 1.54) is 6.07 Å². The van der Waals surface area contributed by atoms with Crippen molar-refractivity contribution in [3.63, 3.8) is 0 Å². The van der Waals surface area contributed by atoms with Gasteiger partial charge in [-0.3, -0.25) is 9.69 Å². The van der Waals surface area contributed by atoms with Crippen LogP contribution >= 0.6 is 0 Å². The van der Waals surface area contributed by atoms with Crippen molar-refractivity contribution in [1.82, 2.24) is 14.9 Å². The molecule has 2 aliphatic rings. The summed E-state index contributed by atoms with van der Waals surface area (Å²) in [6, 6.07) is 7.21. The molecule has 1 fully saturated rings. The summed E-state index contributed by atoms with van der Waals surface area (Å²) in [4.78, 5) is 24.3. The lowest BCUT2D eigenvalue weighted by atomic mass is 9.99. The van der Waals surface area contributed by atoms with E-state index in [0.717, 1.165) is 72.5 Å². The van der Waals surface area contributed by atoms with Crippen molar-refractivity contribution >= 4 is 22.4 Å². The second-order valence-electron chi connectivity index (χ2n) is 8.36. The van der Waals surface area contributed by atoms with Crippen LogP contribution in [0.3, 0.4) is 0 Å². The molecule has 1 saturated heterocycles. The number of hydrogen-bond donors (Lipinski definition) is 2. The Morgan fingerprint density at radius 3 is 2.84 bits per heavy atom. The fourth-order valence-corrected chi connectivity index (χ4v) is 4.75. The number of aromatic amines is 1. The molecule has 0 unspecified atom stereocenters. The number of anilines is 2. The number of piperazine rings is 1. The Bertz CT molecular complexity index is 1190. The molecule has 2 aliphatic heterocycles. The summed E-state index contributed by atoms with van der Waals surface area (Å²) in [7, 11) is 0. The molecule has 8 heteroatoms. The highest BCUT2D eigenvalue weighted by Crippen LogP contribution is 2.36. The second-order valence-corrected chi connectivity index (χ2v) is 8.36. The number of halogens is 1. The van der Waals surface area contributed by atoms with Crippen molar-refractivity contribution in [2.24, 2.45) is 0 Å². The highest BCUT2D eigenvalue weighted by atomic mass is 19.1. The molecule has 2 N–H and O–H groups in total. The van der Waals surface area contributed by atoms with Gasteiger partial charge in [-0.15, -0.1) is 0 Å². The van der Waals surface area contributed by atoms with Gasteiger partial charge in [0.2, 0.25) is 0 Å². The van der Waals surface area contributed by atoms with Crippen molar-refractivity contribution in [1.29, 1.82) is 0 Å². The van der Waals surface area contributed by atoms with E-state index >= 15 is 0 Å². The van der Waals surface area contributed by atoms with Gasteiger partial charge in [0.25, 0.3) is 5.56 Å². The molecule has 0 radical (unpaired) electrons. The van der Waals surface area contributed by atoms with E-state index in [9.17, 15) is 9.18 Å². The lowest BCUT2D eigenvalue weighted by Gasteiger charge is -2.35. The SMILES string of the molecule is CCOc1cc(CN2CCN(c3ncccc3F)CC2)cc2[nH]c(=O)c3c(c12)NCCC3. The number of nitrogens with one attached hydrogen (secondary N) is 2. The first-order chi connectivity index (χ1) is 15.6. The maximum Gasteiger partial charge on any atom is 0.253 e. The van der Waals surface area contributed by atoms with Crippen molar-refractivity contribution in [2.45, 2.75) is 26.3 Å². The number of hydrogen-bond acceptors (Lipinski definition) is 6. The van der Waals surface area contributed by atoms with E-state index in [1.807, 2.05) is 11.8 Å². The molecule has 3 aromatic rings. The number of nitrogens with zero attached hydrogens (tertiary/aromatic N) is 3. The van der Waals surface area contributed by atoms with Crippen molar-refractivity contribution in [2.75, 3.05) is 49.5 Å². The highest BCUT2D eigenvalue weighted by Gasteiger charge is 2.23. The van der Waals surface area contributed by atoms with Crippen LogP contribution in [0.25, 0.3) is 10.9 Å². The van der Waals surface area contributed by atoms with Gasteiger partial charge in [0.15, 0.2) is 11.6 Å². The minimum Gasteiger partial charge on any atom is -0.493 e. The smallest absolute Gasteiger partial charge is 0.253 e. The average Bonchev–Trinajstić information content (AvgIpc) is 2.80. The molecular formula is C24H28FN5O2. The number of pyridine rings is 2. The zero-order valence-electron chi connectivity index (χ0n) is 18.3. The zero-order valence-corrected chi connectivity index (χ0v) is 18.3. The maximum absolute atomic E-state index is 14.1. The van der Waals surface area contributed by atoms with Crippen LogP contribution in [0.5, 0.6) is 5.75 Å². The molecule has 5 rings (SSSR count). The quantitative estimate of drug-likeness (QED) is 0.639. The molecule has 1 aromatic carbocycles. The number of fused-ring (bicyclic) bond motifs is 3. The lowest BCUT2D eigenvalue weighted by molar-refractivity contribution is 0.248. The monoisotopic (exact) mass is 437 g/mol. The van der Waals surface area contributed by atoms with Crippen LogP contribution in [-0.2, 0) is 13.0 Å². The van der Waals surface area contributed by atoms with E-state index in [1.54, 1.807) is 12.3 Å². The van der Waals surface area contributed by atoms with E-state index in [4.69, 9.17) is 4.74 Å². The Hall–Kier alpha value is -3.13. The first-order valence-electron chi connectivity index (χ1n) is 11.3. The number of aromatic nitrogens is 2. The summed E-state index contributed by atoms with van der Waals surface area (Å²) in [6.07, 6.45) is 3.36. The van der Waals surface area contributed by atoms with Crippen LogP contribution in [0.15, 0.2) is 35.3 Å². The highest BCUT2D eigenvalue weighted by molar-refractivity contribution is 5.98. The van der Waals surface area contributed by atoms with Gasteiger partial charge >= 0.3 is 0 Å². The van der Waals surface area contributed by atoms with Gasteiger partial charge in [-0.25, -0.2) is 9.37 Å². The standard InChI is InChI=1S/C24H28FN5O2/c1-2-32-20-14-16(13-19-21(20)22-17(24(31)28-19)5-3-7-26-22)15-29-9-11-30(12-10-29)23-18(25)6-4-8-27-23/h4,6,8,13-14,26H,2-3,5,7,9-12,15H2,1H3,(H,28,31). The van der Waals surface area contributed by atoms with Crippen molar-refractivity contribution in [3.8, 4) is 5.75 Å². The second kappa shape index (κ2) is 8.78. The number of benzene rings is 1. The average molecular weight is 438 g/mol. The third-order valence-corrected chi connectivity index (χ3v) is 6.26. The summed E-state index contributed by atoms with van der Waals surface area (Å²) in [5.41, 5.74) is 3.60. The zero-order chi connectivity index (χ0) is 22.1. The minimum atomic E-state index is -0.280. The summed E-state index contributed by atoms with van der Waals surface area (Å²) in [6.45, 7) is 7.17. The Balaban J connectivity index is 1.39. The van der Waals surface area contributed by atoms with Crippen molar-refractivity contribution in [3.05, 3.63) is 57.8 Å². The van der Waals surface area contributed by atoms with Gasteiger partial charge < -0.3 is 19.9 Å². The van der Waals surface area contributed by atoms with Gasteiger partial charge in [-0.1, -0.05) is 0 Å². The molecule has 2 aromatic heterocycles. The fourth-order valence-electron chi connectivity index (χ4n) is 4.75. The van der Waals surface area contributed by atoms with Crippen molar-refractivity contribution < 1.29 is 9.13 Å². The molecule has 32 heavy (non-hydrogen) atoms. The van der Waals surface area contributed by atoms with E-state index in [2.05, 4.69) is 32.3 Å². The van der Waals surface area contributed by atoms with Gasteiger partial charge in [0.1, 0.15) is 5.75 Å². The van der Waals surface area contributed by atoms with Gasteiger partial charge in [0.05, 0.1) is 23.2 Å². The van der Waals surface area contributed by atoms with Gasteiger partial charge in [-0.05, 0) is 49.6 Å². The molecule has 4 heterocycles. The Kier molecular flexibility index (Phi) is 5.70. The molecule has 0 bridgehead atoms. The molecule has 0 amide bonds. The summed E-state index contributed by atoms with van der Waals surface area (Å²) in [5.74, 6) is 0.945. The first-order valence-corrected chi connectivity index (χ1v) is 11.3. The summed E-state index contributed by atoms with van der Waals surface area (Å²) >= 11 is 0. The van der Waals surface area contributed by atoms with Crippen LogP contribution in [0.2, 0.25) is 0 Å². The van der Waals surface area contributed by atoms with Gasteiger partial charge in [0, 0.05) is 51.0 Å². The normalized spacial score (nSPS) is 16.6. The van der Waals surface area contributed by atoms with E-state index < -0.39 is 0 Å². The third-order valence-electron chi connectivity index (χ3n) is 6.26. The Morgan fingerprint density at radius 2 is 2.06 bits per heavy atom.